The van der Waals surface area contributed by atoms with Crippen LogP contribution in [0.5, 0.6) is 5.75 Å². The second-order valence-electron chi connectivity index (χ2n) is 5.97. The second-order valence-corrected chi connectivity index (χ2v) is 5.97. The summed E-state index contributed by atoms with van der Waals surface area (Å²) in [5.74, 6) is -0.0458. The van der Waals surface area contributed by atoms with E-state index in [0.29, 0.717) is 11.4 Å². The fraction of sp³-hybridized carbons (Fsp3) is 0.368. The van der Waals surface area contributed by atoms with Crippen molar-refractivity contribution >= 4 is 11.5 Å². The van der Waals surface area contributed by atoms with E-state index in [2.05, 4.69) is 34.2 Å². The van der Waals surface area contributed by atoms with Crippen molar-refractivity contribution in [3.8, 4) is 23.2 Å². The molecule has 0 aliphatic rings. The topological polar surface area (TPSA) is 108 Å². The van der Waals surface area contributed by atoms with Gasteiger partial charge in [0.2, 0.25) is 0 Å². The number of anilines is 1. The van der Waals surface area contributed by atoms with Crippen molar-refractivity contribution < 1.29 is 14.2 Å². The summed E-state index contributed by atoms with van der Waals surface area (Å²) in [4.78, 5) is 8.36. The van der Waals surface area contributed by atoms with Gasteiger partial charge in [0.05, 0.1) is 25.0 Å². The van der Waals surface area contributed by atoms with Crippen molar-refractivity contribution in [1.29, 1.82) is 5.26 Å². The van der Waals surface area contributed by atoms with E-state index < -0.39 is 11.9 Å². The van der Waals surface area contributed by atoms with Crippen LogP contribution in [0.15, 0.2) is 18.3 Å². The Kier molecular flexibility index (Phi) is 6.84. The van der Waals surface area contributed by atoms with Gasteiger partial charge in [0.15, 0.2) is 11.5 Å². The molecule has 2 N–H and O–H groups in total. The molecule has 0 radical (unpaired) electrons. The molecule has 8 nitrogen and oxygen atoms in total. The van der Waals surface area contributed by atoms with Crippen molar-refractivity contribution in [3.05, 3.63) is 35.4 Å². The normalized spacial score (nSPS) is 11.4. The SMILES string of the molecule is CCC.CNc1nc(-c2cnc3cc(OC)c(C(C)O)nn23)c(F)cc1C#N. The third kappa shape index (κ3) is 4.02. The number of nitrogens with one attached hydrogen (secondary N) is 1. The molecule has 9 heteroatoms. The Labute approximate surface area is 162 Å². The molecule has 1 unspecified atom stereocenters. The maximum Gasteiger partial charge on any atom is 0.157 e. The average molecular weight is 386 g/mol. The number of nitrogens with zero attached hydrogens (tertiary/aromatic N) is 5. The van der Waals surface area contributed by atoms with Gasteiger partial charge in [-0.1, -0.05) is 20.3 Å². The highest BCUT2D eigenvalue weighted by Crippen LogP contribution is 2.29. The van der Waals surface area contributed by atoms with Crippen LogP contribution in [0.1, 0.15) is 44.6 Å². The number of rotatable bonds is 4. The molecular formula is C19H23FN6O2. The number of ether oxygens (including phenoxy) is 1. The summed E-state index contributed by atoms with van der Waals surface area (Å²) in [6.45, 7) is 5.80. The lowest BCUT2D eigenvalue weighted by molar-refractivity contribution is 0.187. The number of aliphatic hydroxyl groups is 1. The fourth-order valence-electron chi connectivity index (χ4n) is 2.47. The first kappa shape index (κ1) is 21.1. The van der Waals surface area contributed by atoms with Gasteiger partial charge in [-0.05, 0) is 13.0 Å². The van der Waals surface area contributed by atoms with Gasteiger partial charge in [-0.3, -0.25) is 0 Å². The number of aliphatic hydroxyl groups excluding tert-OH is 1. The molecule has 0 bridgehead atoms. The molecule has 148 valence electrons. The lowest BCUT2D eigenvalue weighted by Gasteiger charge is -2.11. The zero-order valence-corrected chi connectivity index (χ0v) is 16.5. The minimum absolute atomic E-state index is 0.00920. The summed E-state index contributed by atoms with van der Waals surface area (Å²) < 4.78 is 21.0. The standard InChI is InChI=1S/C16H15FN6O2.C3H8/c1-8(24)14-12(25-3)5-13-20-7-11(23(13)22-14)15-10(17)4-9(6-18)16(19-2)21-15;1-3-2/h4-5,7-8,24H,1-3H3,(H,19,21);3H2,1-2H3. The Morgan fingerprint density at radius 2 is 2.07 bits per heavy atom. The zero-order chi connectivity index (χ0) is 20.8. The first-order chi connectivity index (χ1) is 13.4. The monoisotopic (exact) mass is 386 g/mol. The molecule has 0 spiro atoms. The van der Waals surface area contributed by atoms with Crippen molar-refractivity contribution in [2.45, 2.75) is 33.3 Å². The first-order valence-electron chi connectivity index (χ1n) is 8.81. The molecule has 0 aromatic carbocycles. The van der Waals surface area contributed by atoms with Crippen molar-refractivity contribution in [3.63, 3.8) is 0 Å². The van der Waals surface area contributed by atoms with E-state index in [1.807, 2.05) is 6.07 Å². The molecule has 0 saturated carbocycles. The van der Waals surface area contributed by atoms with Gasteiger partial charge >= 0.3 is 0 Å². The minimum atomic E-state index is -0.888. The van der Waals surface area contributed by atoms with Gasteiger partial charge < -0.3 is 15.2 Å². The van der Waals surface area contributed by atoms with E-state index in [9.17, 15) is 9.50 Å². The molecule has 1 atom stereocenters. The third-order valence-corrected chi connectivity index (χ3v) is 3.68. The van der Waals surface area contributed by atoms with Crippen LogP contribution in [0.2, 0.25) is 0 Å². The highest BCUT2D eigenvalue weighted by atomic mass is 19.1. The molecular weight excluding hydrogens is 363 g/mol. The second kappa shape index (κ2) is 9.10. The molecule has 3 aromatic heterocycles. The van der Waals surface area contributed by atoms with Crippen LogP contribution in [0.4, 0.5) is 10.2 Å². The summed E-state index contributed by atoms with van der Waals surface area (Å²) in [6, 6.07) is 4.58. The minimum Gasteiger partial charge on any atom is -0.495 e. The quantitative estimate of drug-likeness (QED) is 0.708. The number of hydrogen-bond donors (Lipinski definition) is 2. The molecule has 0 amide bonds. The number of halogens is 1. The molecule has 0 fully saturated rings. The summed E-state index contributed by atoms with van der Waals surface area (Å²) in [5.41, 5.74) is 1.07. The van der Waals surface area contributed by atoms with E-state index in [0.717, 1.165) is 6.07 Å². The summed E-state index contributed by atoms with van der Waals surface area (Å²) in [5, 5.41) is 26.0. The number of pyridine rings is 1. The number of hydrogen-bond acceptors (Lipinski definition) is 7. The molecule has 0 aliphatic heterocycles. The van der Waals surface area contributed by atoms with Gasteiger partial charge in [0.1, 0.15) is 34.7 Å². The number of nitriles is 1. The van der Waals surface area contributed by atoms with Crippen molar-refractivity contribution in [2.75, 3.05) is 19.5 Å². The lowest BCUT2D eigenvalue weighted by Crippen LogP contribution is -2.07. The Bertz CT molecular complexity index is 1010. The predicted molar refractivity (Wildman–Crippen MR) is 104 cm³/mol. The van der Waals surface area contributed by atoms with Crippen LogP contribution < -0.4 is 10.1 Å². The van der Waals surface area contributed by atoms with E-state index in [-0.39, 0.29) is 28.5 Å². The molecule has 0 saturated heterocycles. The number of imidazole rings is 1. The number of aromatic nitrogens is 4. The molecule has 3 rings (SSSR count). The average Bonchev–Trinajstić information content (AvgIpc) is 3.09. The summed E-state index contributed by atoms with van der Waals surface area (Å²) in [7, 11) is 3.05. The molecule has 28 heavy (non-hydrogen) atoms. The van der Waals surface area contributed by atoms with Crippen LogP contribution in [-0.4, -0.2) is 38.8 Å². The van der Waals surface area contributed by atoms with Crippen LogP contribution in [0.3, 0.4) is 0 Å². The van der Waals surface area contributed by atoms with Gasteiger partial charge in [-0.2, -0.15) is 10.4 Å². The van der Waals surface area contributed by atoms with E-state index in [4.69, 9.17) is 10.00 Å². The summed E-state index contributed by atoms with van der Waals surface area (Å²) in [6.07, 6.45) is 1.78. The molecule has 0 aliphatic carbocycles. The maximum atomic E-state index is 14.5. The van der Waals surface area contributed by atoms with Crippen molar-refractivity contribution in [2.24, 2.45) is 0 Å². The largest absolute Gasteiger partial charge is 0.495 e. The number of fused-ring (bicyclic) bond motifs is 1. The van der Waals surface area contributed by atoms with E-state index >= 15 is 0 Å². The zero-order valence-electron chi connectivity index (χ0n) is 16.5. The van der Waals surface area contributed by atoms with Crippen LogP contribution in [0.25, 0.3) is 17.0 Å². The van der Waals surface area contributed by atoms with Crippen LogP contribution in [-0.2, 0) is 0 Å². The smallest absolute Gasteiger partial charge is 0.157 e. The molecule has 3 aromatic rings. The highest BCUT2D eigenvalue weighted by Gasteiger charge is 2.20. The first-order valence-corrected chi connectivity index (χ1v) is 8.81. The van der Waals surface area contributed by atoms with Crippen LogP contribution >= 0.6 is 0 Å². The van der Waals surface area contributed by atoms with Gasteiger partial charge in [-0.15, -0.1) is 0 Å². The Hall–Kier alpha value is -3.25. The van der Waals surface area contributed by atoms with Gasteiger partial charge in [0, 0.05) is 13.1 Å². The predicted octanol–water partition coefficient (Wildman–Crippen LogP) is 3.32. The lowest BCUT2D eigenvalue weighted by atomic mass is 10.2. The van der Waals surface area contributed by atoms with Crippen molar-refractivity contribution in [1.82, 2.24) is 19.6 Å². The number of methoxy groups -OCH3 is 1. The highest BCUT2D eigenvalue weighted by molar-refractivity contribution is 5.65. The third-order valence-electron chi connectivity index (χ3n) is 3.68. The Morgan fingerprint density at radius 3 is 2.61 bits per heavy atom. The summed E-state index contributed by atoms with van der Waals surface area (Å²) >= 11 is 0. The maximum absolute atomic E-state index is 14.5. The van der Waals surface area contributed by atoms with E-state index in [1.54, 1.807) is 20.0 Å². The Balaban J connectivity index is 0.000000878. The molecule has 3 heterocycles. The van der Waals surface area contributed by atoms with Crippen LogP contribution in [0, 0.1) is 17.1 Å². The Morgan fingerprint density at radius 1 is 1.39 bits per heavy atom. The van der Waals surface area contributed by atoms with Gasteiger partial charge in [-0.25, -0.2) is 18.9 Å². The van der Waals surface area contributed by atoms with E-state index in [1.165, 1.54) is 24.2 Å². The fourth-order valence-corrected chi connectivity index (χ4v) is 2.47. The van der Waals surface area contributed by atoms with Gasteiger partial charge in [0.25, 0.3) is 0 Å².